The van der Waals surface area contributed by atoms with Crippen molar-refractivity contribution in [3.05, 3.63) is 76.8 Å². The molecule has 2 heterocycles. The Labute approximate surface area is 131 Å². The average Bonchev–Trinajstić information content (AvgIpc) is 2.54. The van der Waals surface area contributed by atoms with Gasteiger partial charge >= 0.3 is 0 Å². The summed E-state index contributed by atoms with van der Waals surface area (Å²) in [6.45, 7) is 0. The first kappa shape index (κ1) is 14.3. The van der Waals surface area contributed by atoms with Crippen LogP contribution < -0.4 is 10.9 Å². The highest BCUT2D eigenvalue weighted by Crippen LogP contribution is 2.19. The number of hydrogen-bond donors (Lipinski definition) is 2. The van der Waals surface area contributed by atoms with Gasteiger partial charge in [0.25, 0.3) is 5.56 Å². The molecule has 0 aliphatic carbocycles. The van der Waals surface area contributed by atoms with Crippen molar-refractivity contribution in [1.82, 2.24) is 15.0 Å². The summed E-state index contributed by atoms with van der Waals surface area (Å²) >= 11 is 1.54. The smallest absolute Gasteiger partial charge is 0.252 e. The Morgan fingerprint density at radius 3 is 2.68 bits per heavy atom. The monoisotopic (exact) mass is 310 g/mol. The zero-order chi connectivity index (χ0) is 15.2. The van der Waals surface area contributed by atoms with Crippen molar-refractivity contribution in [2.75, 3.05) is 5.32 Å². The minimum atomic E-state index is -0.176. The molecule has 0 unspecified atom stereocenters. The molecule has 6 heteroatoms. The SMILES string of the molecule is O=c1cc(CSc2ccccn2)nc(Nc2ccccc2)[nH]1. The van der Waals surface area contributed by atoms with Crippen LogP contribution in [0, 0.1) is 0 Å². The van der Waals surface area contributed by atoms with E-state index in [1.54, 1.807) is 18.0 Å². The molecule has 0 radical (unpaired) electrons. The lowest BCUT2D eigenvalue weighted by atomic mass is 10.3. The topological polar surface area (TPSA) is 70.7 Å². The molecular weight excluding hydrogens is 296 g/mol. The lowest BCUT2D eigenvalue weighted by Crippen LogP contribution is -2.11. The zero-order valence-electron chi connectivity index (χ0n) is 11.7. The molecule has 2 aromatic heterocycles. The van der Waals surface area contributed by atoms with Gasteiger partial charge in [0.2, 0.25) is 5.95 Å². The van der Waals surface area contributed by atoms with E-state index in [1.165, 1.54) is 6.07 Å². The summed E-state index contributed by atoms with van der Waals surface area (Å²) < 4.78 is 0. The highest BCUT2D eigenvalue weighted by Gasteiger charge is 2.03. The quantitative estimate of drug-likeness (QED) is 0.708. The van der Waals surface area contributed by atoms with Gasteiger partial charge < -0.3 is 5.32 Å². The molecule has 5 nitrogen and oxygen atoms in total. The van der Waals surface area contributed by atoms with E-state index in [1.807, 2.05) is 48.5 Å². The van der Waals surface area contributed by atoms with Gasteiger partial charge in [0.1, 0.15) is 0 Å². The summed E-state index contributed by atoms with van der Waals surface area (Å²) in [6.07, 6.45) is 1.75. The van der Waals surface area contributed by atoms with Crippen LogP contribution in [-0.2, 0) is 5.75 Å². The van der Waals surface area contributed by atoms with Crippen LogP contribution in [0.15, 0.2) is 70.6 Å². The molecule has 0 bridgehead atoms. The van der Waals surface area contributed by atoms with Crippen molar-refractivity contribution < 1.29 is 0 Å². The Morgan fingerprint density at radius 2 is 1.91 bits per heavy atom. The average molecular weight is 310 g/mol. The maximum atomic E-state index is 11.8. The van der Waals surface area contributed by atoms with Crippen LogP contribution in [0.2, 0.25) is 0 Å². The fourth-order valence-electron chi connectivity index (χ4n) is 1.88. The molecule has 110 valence electrons. The Balaban J connectivity index is 1.74. The fraction of sp³-hybridized carbons (Fsp3) is 0.0625. The third-order valence-corrected chi connectivity index (χ3v) is 3.81. The largest absolute Gasteiger partial charge is 0.326 e. The normalized spacial score (nSPS) is 10.4. The molecule has 3 rings (SSSR count). The van der Waals surface area contributed by atoms with Gasteiger partial charge in [-0.25, -0.2) is 9.97 Å². The molecule has 0 aliphatic rings. The van der Waals surface area contributed by atoms with Crippen LogP contribution in [0.4, 0.5) is 11.6 Å². The first-order valence-electron chi connectivity index (χ1n) is 6.76. The van der Waals surface area contributed by atoms with Crippen LogP contribution >= 0.6 is 11.8 Å². The van der Waals surface area contributed by atoms with Gasteiger partial charge in [-0.3, -0.25) is 9.78 Å². The number of nitrogens with zero attached hydrogens (tertiary/aromatic N) is 2. The number of aromatic amines is 1. The molecule has 0 fully saturated rings. The van der Waals surface area contributed by atoms with Gasteiger partial charge in [0.15, 0.2) is 0 Å². The Hall–Kier alpha value is -2.60. The van der Waals surface area contributed by atoms with Crippen molar-refractivity contribution in [3.63, 3.8) is 0 Å². The summed E-state index contributed by atoms with van der Waals surface area (Å²) in [5.74, 6) is 1.03. The standard InChI is InChI=1S/C16H14N4OS/c21-14-10-13(11-22-15-8-4-5-9-17-15)19-16(20-14)18-12-6-2-1-3-7-12/h1-10H,11H2,(H2,18,19,20,21). The van der Waals surface area contributed by atoms with Gasteiger partial charge in [-0.2, -0.15) is 0 Å². The summed E-state index contributed by atoms with van der Waals surface area (Å²) in [4.78, 5) is 23.1. The summed E-state index contributed by atoms with van der Waals surface area (Å²) in [5, 5.41) is 4.00. The van der Waals surface area contributed by atoms with Crippen LogP contribution in [-0.4, -0.2) is 15.0 Å². The molecule has 0 aliphatic heterocycles. The molecule has 2 N–H and O–H groups in total. The molecule has 3 aromatic rings. The third-order valence-electron chi connectivity index (χ3n) is 2.84. The molecule has 1 aromatic carbocycles. The van der Waals surface area contributed by atoms with E-state index in [-0.39, 0.29) is 5.56 Å². The fourth-order valence-corrected chi connectivity index (χ4v) is 2.63. The molecule has 0 saturated carbocycles. The summed E-state index contributed by atoms with van der Waals surface area (Å²) in [7, 11) is 0. The molecule has 0 amide bonds. The van der Waals surface area contributed by atoms with Gasteiger partial charge in [-0.1, -0.05) is 24.3 Å². The molecule has 0 atom stereocenters. The van der Waals surface area contributed by atoms with Crippen LogP contribution in [0.1, 0.15) is 5.69 Å². The Bertz CT molecular complexity index is 790. The predicted octanol–water partition coefficient (Wildman–Crippen LogP) is 3.20. The van der Waals surface area contributed by atoms with Crippen LogP contribution in [0.25, 0.3) is 0 Å². The van der Waals surface area contributed by atoms with Crippen molar-refractivity contribution in [2.24, 2.45) is 0 Å². The summed E-state index contributed by atoms with van der Waals surface area (Å²) in [6, 6.07) is 16.8. The Morgan fingerprint density at radius 1 is 1.09 bits per heavy atom. The number of para-hydroxylation sites is 1. The van der Waals surface area contributed by atoms with Crippen LogP contribution in [0.5, 0.6) is 0 Å². The molecular formula is C16H14N4OS. The number of H-pyrrole nitrogens is 1. The number of rotatable bonds is 5. The Kier molecular flexibility index (Phi) is 4.50. The number of pyridine rings is 1. The van der Waals surface area contributed by atoms with E-state index in [0.29, 0.717) is 17.4 Å². The maximum Gasteiger partial charge on any atom is 0.252 e. The molecule has 0 saturated heterocycles. The number of benzene rings is 1. The van der Waals surface area contributed by atoms with Crippen LogP contribution in [0.3, 0.4) is 0 Å². The van der Waals surface area contributed by atoms with E-state index >= 15 is 0 Å². The van der Waals surface area contributed by atoms with Gasteiger partial charge in [0, 0.05) is 23.7 Å². The second kappa shape index (κ2) is 6.91. The number of anilines is 2. The minimum Gasteiger partial charge on any atom is -0.326 e. The molecule has 22 heavy (non-hydrogen) atoms. The second-order valence-electron chi connectivity index (χ2n) is 4.53. The van der Waals surface area contributed by atoms with E-state index in [0.717, 1.165) is 10.7 Å². The lowest BCUT2D eigenvalue weighted by molar-refractivity contribution is 1.05. The number of hydrogen-bond acceptors (Lipinski definition) is 5. The minimum absolute atomic E-state index is 0.176. The van der Waals surface area contributed by atoms with Crippen molar-refractivity contribution >= 4 is 23.4 Å². The first-order chi connectivity index (χ1) is 10.8. The third kappa shape index (κ3) is 3.95. The van der Waals surface area contributed by atoms with Crippen molar-refractivity contribution in [3.8, 4) is 0 Å². The number of thioether (sulfide) groups is 1. The predicted molar refractivity (Wildman–Crippen MR) is 88.4 cm³/mol. The van der Waals surface area contributed by atoms with Gasteiger partial charge in [0.05, 0.1) is 10.7 Å². The van der Waals surface area contributed by atoms with Crippen molar-refractivity contribution in [2.45, 2.75) is 10.8 Å². The first-order valence-corrected chi connectivity index (χ1v) is 7.74. The van der Waals surface area contributed by atoms with Gasteiger partial charge in [-0.05, 0) is 24.3 Å². The van der Waals surface area contributed by atoms with E-state index in [4.69, 9.17) is 0 Å². The number of nitrogens with one attached hydrogen (secondary N) is 2. The maximum absolute atomic E-state index is 11.8. The molecule has 0 spiro atoms. The highest BCUT2D eigenvalue weighted by molar-refractivity contribution is 7.98. The number of aromatic nitrogens is 3. The zero-order valence-corrected chi connectivity index (χ0v) is 12.5. The second-order valence-corrected chi connectivity index (χ2v) is 5.53. The summed E-state index contributed by atoms with van der Waals surface area (Å²) in [5.41, 5.74) is 1.41. The highest BCUT2D eigenvalue weighted by atomic mass is 32.2. The van der Waals surface area contributed by atoms with E-state index in [9.17, 15) is 4.79 Å². The van der Waals surface area contributed by atoms with Crippen molar-refractivity contribution in [1.29, 1.82) is 0 Å². The van der Waals surface area contributed by atoms with E-state index in [2.05, 4.69) is 20.3 Å². The van der Waals surface area contributed by atoms with E-state index < -0.39 is 0 Å². The lowest BCUT2D eigenvalue weighted by Gasteiger charge is -2.06. The van der Waals surface area contributed by atoms with Gasteiger partial charge in [-0.15, -0.1) is 11.8 Å².